The van der Waals surface area contributed by atoms with E-state index < -0.39 is 0 Å². The summed E-state index contributed by atoms with van der Waals surface area (Å²) in [4.78, 5) is 0. The normalized spacial score (nSPS) is 32.5. The molecule has 4 rings (SSSR count). The summed E-state index contributed by atoms with van der Waals surface area (Å²) in [6.45, 7) is 0.850. The molecule has 0 aromatic heterocycles. The maximum absolute atomic E-state index is 6.14. The highest BCUT2D eigenvalue weighted by Gasteiger charge is 2.52. The van der Waals surface area contributed by atoms with Crippen molar-refractivity contribution < 1.29 is 0 Å². The lowest BCUT2D eigenvalue weighted by atomic mass is 9.77. The van der Waals surface area contributed by atoms with Gasteiger partial charge in [-0.25, -0.2) is 0 Å². The van der Waals surface area contributed by atoms with Gasteiger partial charge in [-0.2, -0.15) is 0 Å². The van der Waals surface area contributed by atoms with Crippen LogP contribution in [0, 0.1) is 17.3 Å². The van der Waals surface area contributed by atoms with Crippen molar-refractivity contribution in [1.29, 1.82) is 0 Å². The zero-order chi connectivity index (χ0) is 12.9. The lowest BCUT2D eigenvalue weighted by molar-refractivity contribution is 0.274. The van der Waals surface area contributed by atoms with Crippen LogP contribution in [0.15, 0.2) is 42.5 Å². The summed E-state index contributed by atoms with van der Waals surface area (Å²) < 4.78 is 0. The van der Waals surface area contributed by atoms with Gasteiger partial charge in [0.2, 0.25) is 0 Å². The van der Waals surface area contributed by atoms with Crippen LogP contribution in [-0.2, 0) is 6.42 Å². The fourth-order valence-electron chi connectivity index (χ4n) is 4.24. The Labute approximate surface area is 114 Å². The Hall–Kier alpha value is -1.34. The maximum atomic E-state index is 6.14. The van der Waals surface area contributed by atoms with Gasteiger partial charge in [-0.05, 0) is 65.8 Å². The van der Waals surface area contributed by atoms with E-state index >= 15 is 0 Å². The van der Waals surface area contributed by atoms with E-state index in [4.69, 9.17) is 5.73 Å². The summed E-state index contributed by atoms with van der Waals surface area (Å²) in [5.74, 6) is 2.00. The van der Waals surface area contributed by atoms with E-state index in [0.29, 0.717) is 5.41 Å². The third-order valence-corrected chi connectivity index (χ3v) is 5.34. The summed E-state index contributed by atoms with van der Waals surface area (Å²) in [6.07, 6.45) is 5.35. The molecule has 0 amide bonds. The molecular formula is C18H21N. The zero-order valence-electron chi connectivity index (χ0n) is 11.3. The standard InChI is InChI=1S/C18H21N/c19-12-18(10-15-8-16(15)11-18)9-14-6-3-5-13-4-1-2-7-17(13)14/h1-7,15-16H,8-12,19H2. The highest BCUT2D eigenvalue weighted by Crippen LogP contribution is 2.60. The van der Waals surface area contributed by atoms with E-state index in [1.54, 1.807) is 0 Å². The molecule has 1 heteroatoms. The Morgan fingerprint density at radius 2 is 1.74 bits per heavy atom. The predicted molar refractivity (Wildman–Crippen MR) is 80.0 cm³/mol. The summed E-state index contributed by atoms with van der Waals surface area (Å²) in [5.41, 5.74) is 8.02. The molecule has 1 nitrogen and oxygen atoms in total. The third-order valence-electron chi connectivity index (χ3n) is 5.34. The molecule has 2 atom stereocenters. The van der Waals surface area contributed by atoms with E-state index in [2.05, 4.69) is 42.5 Å². The van der Waals surface area contributed by atoms with Gasteiger partial charge in [-0.1, -0.05) is 42.5 Å². The minimum atomic E-state index is 0.387. The minimum Gasteiger partial charge on any atom is -0.330 e. The van der Waals surface area contributed by atoms with E-state index in [9.17, 15) is 0 Å². The monoisotopic (exact) mass is 251 g/mol. The molecule has 2 unspecified atom stereocenters. The smallest absolute Gasteiger partial charge is 0.00171 e. The first-order valence-corrected chi connectivity index (χ1v) is 7.46. The van der Waals surface area contributed by atoms with E-state index in [1.165, 1.54) is 35.6 Å². The van der Waals surface area contributed by atoms with Gasteiger partial charge in [0, 0.05) is 0 Å². The quantitative estimate of drug-likeness (QED) is 0.883. The molecule has 0 saturated heterocycles. The number of rotatable bonds is 3. The Morgan fingerprint density at radius 1 is 1.00 bits per heavy atom. The van der Waals surface area contributed by atoms with E-state index in [-0.39, 0.29) is 0 Å². The molecule has 2 aromatic rings. The topological polar surface area (TPSA) is 26.0 Å². The Morgan fingerprint density at radius 3 is 2.53 bits per heavy atom. The summed E-state index contributed by atoms with van der Waals surface area (Å²) in [6, 6.07) is 15.4. The summed E-state index contributed by atoms with van der Waals surface area (Å²) >= 11 is 0. The average Bonchev–Trinajstić information content (AvgIpc) is 3.07. The van der Waals surface area contributed by atoms with Gasteiger partial charge in [0.05, 0.1) is 0 Å². The first kappa shape index (κ1) is 11.5. The van der Waals surface area contributed by atoms with Crippen molar-refractivity contribution in [3.05, 3.63) is 48.0 Å². The molecule has 19 heavy (non-hydrogen) atoms. The van der Waals surface area contributed by atoms with Crippen LogP contribution < -0.4 is 5.73 Å². The third kappa shape index (κ3) is 1.88. The average molecular weight is 251 g/mol. The largest absolute Gasteiger partial charge is 0.330 e. The number of hydrogen-bond acceptors (Lipinski definition) is 1. The van der Waals surface area contributed by atoms with Crippen LogP contribution in [0.2, 0.25) is 0 Å². The van der Waals surface area contributed by atoms with Crippen molar-refractivity contribution in [1.82, 2.24) is 0 Å². The van der Waals surface area contributed by atoms with Gasteiger partial charge in [0.25, 0.3) is 0 Å². The molecule has 2 N–H and O–H groups in total. The van der Waals surface area contributed by atoms with Crippen LogP contribution in [0.1, 0.15) is 24.8 Å². The first-order valence-electron chi connectivity index (χ1n) is 7.46. The molecule has 0 aliphatic heterocycles. The first-order chi connectivity index (χ1) is 9.30. The summed E-state index contributed by atoms with van der Waals surface area (Å²) in [7, 11) is 0. The van der Waals surface area contributed by atoms with Crippen molar-refractivity contribution >= 4 is 10.8 Å². The van der Waals surface area contributed by atoms with Crippen LogP contribution in [0.25, 0.3) is 10.8 Å². The Kier molecular flexibility index (Phi) is 2.46. The molecule has 0 bridgehead atoms. The summed E-state index contributed by atoms with van der Waals surface area (Å²) in [5, 5.41) is 2.77. The van der Waals surface area contributed by atoms with Crippen molar-refractivity contribution in [2.75, 3.05) is 6.54 Å². The molecule has 98 valence electrons. The van der Waals surface area contributed by atoms with Crippen LogP contribution in [0.5, 0.6) is 0 Å². The van der Waals surface area contributed by atoms with Gasteiger partial charge in [-0.15, -0.1) is 0 Å². The fourth-order valence-corrected chi connectivity index (χ4v) is 4.24. The maximum Gasteiger partial charge on any atom is -0.00171 e. The highest BCUT2D eigenvalue weighted by atomic mass is 14.7. The fraction of sp³-hybridized carbons (Fsp3) is 0.444. The minimum absolute atomic E-state index is 0.387. The Bertz CT molecular complexity index is 601. The highest BCUT2D eigenvalue weighted by molar-refractivity contribution is 5.85. The SMILES string of the molecule is NCC1(Cc2cccc3ccccc23)CC2CC2C1. The number of nitrogens with two attached hydrogens (primary N) is 1. The lowest BCUT2D eigenvalue weighted by Gasteiger charge is -2.30. The second kappa shape index (κ2) is 4.08. The van der Waals surface area contributed by atoms with Crippen LogP contribution >= 0.6 is 0 Å². The second-order valence-corrected chi connectivity index (χ2v) is 6.68. The number of fused-ring (bicyclic) bond motifs is 2. The van der Waals surface area contributed by atoms with Gasteiger partial charge in [0.15, 0.2) is 0 Å². The molecule has 2 fully saturated rings. The number of benzene rings is 2. The molecule has 0 spiro atoms. The zero-order valence-corrected chi connectivity index (χ0v) is 11.3. The van der Waals surface area contributed by atoms with Crippen LogP contribution in [0.3, 0.4) is 0 Å². The molecule has 2 aromatic carbocycles. The predicted octanol–water partition coefficient (Wildman–Crippen LogP) is 3.76. The van der Waals surface area contributed by atoms with E-state index in [0.717, 1.165) is 24.8 Å². The van der Waals surface area contributed by atoms with E-state index in [1.807, 2.05) is 0 Å². The van der Waals surface area contributed by atoms with Crippen molar-refractivity contribution in [2.45, 2.75) is 25.7 Å². The molecule has 2 aliphatic carbocycles. The van der Waals surface area contributed by atoms with Gasteiger partial charge in [0.1, 0.15) is 0 Å². The van der Waals surface area contributed by atoms with Crippen molar-refractivity contribution in [3.8, 4) is 0 Å². The van der Waals surface area contributed by atoms with Gasteiger partial charge >= 0.3 is 0 Å². The van der Waals surface area contributed by atoms with Gasteiger partial charge in [-0.3, -0.25) is 0 Å². The van der Waals surface area contributed by atoms with Crippen molar-refractivity contribution in [2.24, 2.45) is 23.0 Å². The molecule has 2 aliphatic rings. The Balaban J connectivity index is 1.71. The second-order valence-electron chi connectivity index (χ2n) is 6.68. The van der Waals surface area contributed by atoms with Crippen LogP contribution in [-0.4, -0.2) is 6.54 Å². The molecule has 0 heterocycles. The number of hydrogen-bond donors (Lipinski definition) is 1. The molecular weight excluding hydrogens is 230 g/mol. The lowest BCUT2D eigenvalue weighted by Crippen LogP contribution is -2.31. The van der Waals surface area contributed by atoms with Crippen LogP contribution in [0.4, 0.5) is 0 Å². The van der Waals surface area contributed by atoms with Gasteiger partial charge < -0.3 is 5.73 Å². The molecule has 2 saturated carbocycles. The van der Waals surface area contributed by atoms with Crippen molar-refractivity contribution in [3.63, 3.8) is 0 Å². The molecule has 0 radical (unpaired) electrons.